The first-order valence-corrected chi connectivity index (χ1v) is 11.7. The van der Waals surface area contributed by atoms with Crippen LogP contribution in [-0.2, 0) is 13.1 Å². The monoisotopic (exact) mass is 489 g/mol. The summed E-state index contributed by atoms with van der Waals surface area (Å²) in [7, 11) is 4.55. The van der Waals surface area contributed by atoms with E-state index in [1.807, 2.05) is 43.3 Å². The van der Waals surface area contributed by atoms with Gasteiger partial charge in [-0.25, -0.2) is 4.98 Å². The zero-order valence-corrected chi connectivity index (χ0v) is 21.3. The molecule has 0 aliphatic heterocycles. The molecule has 1 aromatic heterocycles. The number of carbonyl (C=O) groups is 1. The Bertz CT molecular complexity index is 1350. The van der Waals surface area contributed by atoms with Crippen molar-refractivity contribution in [2.45, 2.75) is 26.9 Å². The maximum absolute atomic E-state index is 13.0. The molecule has 0 spiro atoms. The number of hydrogen-bond donors (Lipinski definition) is 1. The average Bonchev–Trinajstić information content (AvgIpc) is 3.24. The Kier molecular flexibility index (Phi) is 7.63. The van der Waals surface area contributed by atoms with Crippen molar-refractivity contribution in [1.29, 1.82) is 0 Å². The fraction of sp³-hybridized carbons (Fsp3) is 0.286. The van der Waals surface area contributed by atoms with Gasteiger partial charge in [0.2, 0.25) is 5.75 Å². The van der Waals surface area contributed by atoms with Gasteiger partial charge in [-0.1, -0.05) is 29.8 Å². The van der Waals surface area contributed by atoms with Crippen molar-refractivity contribution in [2.75, 3.05) is 27.9 Å². The van der Waals surface area contributed by atoms with Gasteiger partial charge in [-0.15, -0.1) is 0 Å². The Morgan fingerprint density at radius 1 is 0.917 bits per heavy atom. The van der Waals surface area contributed by atoms with Gasteiger partial charge in [0, 0.05) is 5.56 Å². The van der Waals surface area contributed by atoms with Crippen LogP contribution < -0.4 is 24.3 Å². The van der Waals surface area contributed by atoms with Gasteiger partial charge in [0.1, 0.15) is 18.2 Å². The molecule has 188 valence electrons. The average molecular weight is 490 g/mol. The van der Waals surface area contributed by atoms with E-state index in [0.29, 0.717) is 36.0 Å². The standard InChI is InChI=1S/C28H31N3O5/c1-18-10-11-23(19(2)14-18)36-13-12-31-22-9-7-6-8-21(22)30-26(31)17-29-28(32)20-15-24(33-3)27(35-5)25(16-20)34-4/h6-11,14-16H,12-13,17H2,1-5H3,(H,29,32). The summed E-state index contributed by atoms with van der Waals surface area (Å²) in [5, 5.41) is 2.97. The summed E-state index contributed by atoms with van der Waals surface area (Å²) < 4.78 is 24.2. The second-order valence-corrected chi connectivity index (χ2v) is 8.38. The lowest BCUT2D eigenvalue weighted by Gasteiger charge is -2.15. The number of benzene rings is 3. The van der Waals surface area contributed by atoms with Crippen LogP contribution >= 0.6 is 0 Å². The van der Waals surface area contributed by atoms with Gasteiger partial charge in [-0.3, -0.25) is 4.79 Å². The van der Waals surface area contributed by atoms with Crippen LogP contribution in [0.25, 0.3) is 11.0 Å². The molecule has 1 N–H and O–H groups in total. The van der Waals surface area contributed by atoms with Crippen LogP contribution in [-0.4, -0.2) is 43.4 Å². The first kappa shape index (κ1) is 24.9. The van der Waals surface area contributed by atoms with Crippen molar-refractivity contribution in [3.8, 4) is 23.0 Å². The van der Waals surface area contributed by atoms with Gasteiger partial charge < -0.3 is 28.8 Å². The molecule has 36 heavy (non-hydrogen) atoms. The lowest BCUT2D eigenvalue weighted by atomic mass is 10.1. The van der Waals surface area contributed by atoms with Gasteiger partial charge in [0.25, 0.3) is 5.91 Å². The number of fused-ring (bicyclic) bond motifs is 1. The number of ether oxygens (including phenoxy) is 4. The highest BCUT2D eigenvalue weighted by Crippen LogP contribution is 2.38. The highest BCUT2D eigenvalue weighted by Gasteiger charge is 2.18. The predicted octanol–water partition coefficient (Wildman–Crippen LogP) is 4.69. The molecule has 0 radical (unpaired) electrons. The van der Waals surface area contributed by atoms with E-state index in [1.165, 1.54) is 26.9 Å². The van der Waals surface area contributed by atoms with Crippen molar-refractivity contribution < 1.29 is 23.7 Å². The van der Waals surface area contributed by atoms with Gasteiger partial charge >= 0.3 is 0 Å². The van der Waals surface area contributed by atoms with Crippen molar-refractivity contribution >= 4 is 16.9 Å². The van der Waals surface area contributed by atoms with E-state index >= 15 is 0 Å². The molecule has 8 nitrogen and oxygen atoms in total. The number of aromatic nitrogens is 2. The minimum Gasteiger partial charge on any atom is -0.493 e. The van der Waals surface area contributed by atoms with Crippen LogP contribution in [0.2, 0.25) is 0 Å². The van der Waals surface area contributed by atoms with E-state index in [4.69, 9.17) is 23.9 Å². The summed E-state index contributed by atoms with van der Waals surface area (Å²) in [5.74, 6) is 2.58. The molecule has 1 amide bonds. The zero-order valence-electron chi connectivity index (χ0n) is 21.3. The van der Waals surface area contributed by atoms with E-state index in [9.17, 15) is 4.79 Å². The van der Waals surface area contributed by atoms with Crippen molar-refractivity contribution in [3.05, 3.63) is 77.1 Å². The molecule has 0 unspecified atom stereocenters. The van der Waals surface area contributed by atoms with Crippen molar-refractivity contribution in [1.82, 2.24) is 14.9 Å². The SMILES string of the molecule is COc1cc(C(=O)NCc2nc3ccccc3n2CCOc2ccc(C)cc2C)cc(OC)c1OC. The van der Waals surface area contributed by atoms with Gasteiger partial charge in [-0.2, -0.15) is 0 Å². The molecule has 8 heteroatoms. The highest BCUT2D eigenvalue weighted by atomic mass is 16.5. The topological polar surface area (TPSA) is 83.8 Å². The van der Waals surface area contributed by atoms with E-state index in [1.54, 1.807) is 12.1 Å². The number of methoxy groups -OCH3 is 3. The Morgan fingerprint density at radius 2 is 1.64 bits per heavy atom. The minimum atomic E-state index is -0.278. The molecule has 0 aliphatic rings. The lowest BCUT2D eigenvalue weighted by Crippen LogP contribution is -2.25. The molecular formula is C28H31N3O5. The number of para-hydroxylation sites is 2. The van der Waals surface area contributed by atoms with Gasteiger partial charge in [-0.05, 0) is 49.7 Å². The Hall–Kier alpha value is -4.20. The molecule has 4 rings (SSSR count). The predicted molar refractivity (Wildman–Crippen MR) is 138 cm³/mol. The summed E-state index contributed by atoms with van der Waals surface area (Å²) in [6.45, 7) is 5.40. The summed E-state index contributed by atoms with van der Waals surface area (Å²) in [6.07, 6.45) is 0. The number of rotatable bonds is 10. The van der Waals surface area contributed by atoms with Crippen LogP contribution in [0.1, 0.15) is 27.3 Å². The van der Waals surface area contributed by atoms with E-state index in [0.717, 1.165) is 28.2 Å². The largest absolute Gasteiger partial charge is 0.493 e. The molecule has 0 bridgehead atoms. The molecular weight excluding hydrogens is 458 g/mol. The fourth-order valence-electron chi connectivity index (χ4n) is 4.19. The van der Waals surface area contributed by atoms with Gasteiger partial charge in [0.05, 0.1) is 45.5 Å². The number of nitrogens with zero attached hydrogens (tertiary/aromatic N) is 2. The van der Waals surface area contributed by atoms with Crippen LogP contribution in [0.15, 0.2) is 54.6 Å². The molecule has 0 fully saturated rings. The van der Waals surface area contributed by atoms with E-state index in [-0.39, 0.29) is 12.5 Å². The summed E-state index contributed by atoms with van der Waals surface area (Å²) >= 11 is 0. The third-order valence-corrected chi connectivity index (χ3v) is 5.97. The first-order valence-electron chi connectivity index (χ1n) is 11.7. The maximum atomic E-state index is 13.0. The second-order valence-electron chi connectivity index (χ2n) is 8.38. The zero-order chi connectivity index (χ0) is 25.7. The van der Waals surface area contributed by atoms with E-state index in [2.05, 4.69) is 22.9 Å². The molecule has 0 saturated carbocycles. The van der Waals surface area contributed by atoms with Crippen LogP contribution in [0, 0.1) is 13.8 Å². The van der Waals surface area contributed by atoms with Gasteiger partial charge in [0.15, 0.2) is 11.5 Å². The van der Waals surface area contributed by atoms with Crippen LogP contribution in [0.4, 0.5) is 0 Å². The number of hydrogen-bond acceptors (Lipinski definition) is 6. The normalized spacial score (nSPS) is 10.8. The second kappa shape index (κ2) is 11.0. The maximum Gasteiger partial charge on any atom is 0.251 e. The van der Waals surface area contributed by atoms with E-state index < -0.39 is 0 Å². The summed E-state index contributed by atoms with van der Waals surface area (Å²) in [5.41, 5.74) is 4.54. The smallest absolute Gasteiger partial charge is 0.251 e. The summed E-state index contributed by atoms with van der Waals surface area (Å²) in [6, 6.07) is 17.3. The van der Waals surface area contributed by atoms with Crippen molar-refractivity contribution in [2.24, 2.45) is 0 Å². The number of imidazole rings is 1. The Labute approximate surface area is 210 Å². The highest BCUT2D eigenvalue weighted by molar-refractivity contribution is 5.95. The van der Waals surface area contributed by atoms with Crippen molar-refractivity contribution in [3.63, 3.8) is 0 Å². The third kappa shape index (κ3) is 5.22. The third-order valence-electron chi connectivity index (χ3n) is 5.97. The molecule has 0 saturated heterocycles. The number of carbonyl (C=O) groups excluding carboxylic acids is 1. The number of aryl methyl sites for hydroxylation is 2. The quantitative estimate of drug-likeness (QED) is 0.348. The molecule has 4 aromatic rings. The first-order chi connectivity index (χ1) is 17.4. The number of nitrogens with one attached hydrogen (secondary N) is 1. The Balaban J connectivity index is 1.52. The fourth-order valence-corrected chi connectivity index (χ4v) is 4.19. The molecule has 0 aliphatic carbocycles. The van der Waals surface area contributed by atoms with Crippen LogP contribution in [0.3, 0.4) is 0 Å². The summed E-state index contributed by atoms with van der Waals surface area (Å²) in [4.78, 5) is 17.8. The molecule has 0 atom stereocenters. The minimum absolute atomic E-state index is 0.244. The molecule has 3 aromatic carbocycles. The number of amides is 1. The van der Waals surface area contributed by atoms with Crippen LogP contribution in [0.5, 0.6) is 23.0 Å². The molecule has 1 heterocycles. The lowest BCUT2D eigenvalue weighted by molar-refractivity contribution is 0.0948. The Morgan fingerprint density at radius 3 is 2.31 bits per heavy atom.